The van der Waals surface area contributed by atoms with Crippen LogP contribution in [0.2, 0.25) is 10.0 Å². The van der Waals surface area contributed by atoms with Crippen LogP contribution in [0.5, 0.6) is 5.75 Å². The number of carbonyl (C=O) groups excluding carboxylic acids is 2. The van der Waals surface area contributed by atoms with Crippen molar-refractivity contribution in [2.75, 3.05) is 7.11 Å². The lowest BCUT2D eigenvalue weighted by Gasteiger charge is -2.32. The highest BCUT2D eigenvalue weighted by molar-refractivity contribution is 6.36. The molecule has 7 heteroatoms. The van der Waals surface area contributed by atoms with Gasteiger partial charge in [0.1, 0.15) is 11.8 Å². The molecule has 3 aromatic carbocycles. The molecule has 184 valence electrons. The highest BCUT2D eigenvalue weighted by atomic mass is 35.5. The fourth-order valence-electron chi connectivity index (χ4n) is 3.81. The Balaban J connectivity index is 2.00. The Morgan fingerprint density at radius 3 is 2.09 bits per heavy atom. The van der Waals surface area contributed by atoms with Crippen LogP contribution in [-0.4, -0.2) is 35.9 Å². The van der Waals surface area contributed by atoms with E-state index in [2.05, 4.69) is 5.32 Å². The lowest BCUT2D eigenvalue weighted by Crippen LogP contribution is -2.52. The van der Waals surface area contributed by atoms with Crippen molar-refractivity contribution < 1.29 is 14.3 Å². The zero-order chi connectivity index (χ0) is 25.4. The van der Waals surface area contributed by atoms with Crippen molar-refractivity contribution >= 4 is 35.0 Å². The van der Waals surface area contributed by atoms with Crippen LogP contribution in [0.4, 0.5) is 0 Å². The van der Waals surface area contributed by atoms with Gasteiger partial charge in [0.2, 0.25) is 11.8 Å². The molecule has 3 rings (SSSR count). The summed E-state index contributed by atoms with van der Waals surface area (Å²) in [6, 6.07) is 21.3. The van der Waals surface area contributed by atoms with E-state index in [4.69, 9.17) is 27.9 Å². The second kappa shape index (κ2) is 12.6. The van der Waals surface area contributed by atoms with E-state index in [-0.39, 0.29) is 30.8 Å². The lowest BCUT2D eigenvalue weighted by molar-refractivity contribution is -0.141. The van der Waals surface area contributed by atoms with Gasteiger partial charge in [0.15, 0.2) is 0 Å². The summed E-state index contributed by atoms with van der Waals surface area (Å²) < 4.78 is 5.22. The maximum Gasteiger partial charge on any atom is 0.243 e. The summed E-state index contributed by atoms with van der Waals surface area (Å²) in [4.78, 5) is 28.7. The van der Waals surface area contributed by atoms with Gasteiger partial charge < -0.3 is 15.0 Å². The summed E-state index contributed by atoms with van der Waals surface area (Å²) in [5.74, 6) is 0.278. The molecule has 35 heavy (non-hydrogen) atoms. The van der Waals surface area contributed by atoms with Crippen LogP contribution in [0.15, 0.2) is 72.8 Å². The first-order chi connectivity index (χ1) is 16.8. The standard InChI is InChI=1S/C28H30Cl2N2O3/c1-19(2)31-28(34)26(16-20-8-5-4-6-9-20)32(18-23-24(29)10-7-11-25(23)30)27(33)17-21-12-14-22(35-3)15-13-21/h4-15,19,26H,16-18H2,1-3H3,(H,31,34)/t26-/m1/s1. The molecule has 0 bridgehead atoms. The molecule has 0 fully saturated rings. The van der Waals surface area contributed by atoms with Crippen LogP contribution in [-0.2, 0) is 29.0 Å². The normalized spacial score (nSPS) is 11.7. The van der Waals surface area contributed by atoms with Crippen molar-refractivity contribution in [3.8, 4) is 5.75 Å². The Labute approximate surface area is 217 Å². The van der Waals surface area contributed by atoms with E-state index in [1.54, 1.807) is 30.2 Å². The van der Waals surface area contributed by atoms with E-state index in [1.807, 2.05) is 68.4 Å². The SMILES string of the molecule is COc1ccc(CC(=O)N(Cc2c(Cl)cccc2Cl)[C@H](Cc2ccccc2)C(=O)NC(C)C)cc1. The summed E-state index contributed by atoms with van der Waals surface area (Å²) in [6.07, 6.45) is 0.474. The number of amides is 2. The van der Waals surface area contributed by atoms with Crippen molar-refractivity contribution in [2.24, 2.45) is 0 Å². The van der Waals surface area contributed by atoms with Gasteiger partial charge >= 0.3 is 0 Å². The van der Waals surface area contributed by atoms with E-state index < -0.39 is 6.04 Å². The third-order valence-corrected chi connectivity index (χ3v) is 6.31. The van der Waals surface area contributed by atoms with Crippen molar-refractivity contribution in [1.82, 2.24) is 10.2 Å². The van der Waals surface area contributed by atoms with Crippen LogP contribution in [0.25, 0.3) is 0 Å². The fourth-order valence-corrected chi connectivity index (χ4v) is 4.32. The first kappa shape index (κ1) is 26.6. The largest absolute Gasteiger partial charge is 0.497 e. The summed E-state index contributed by atoms with van der Waals surface area (Å²) in [7, 11) is 1.59. The topological polar surface area (TPSA) is 58.6 Å². The zero-order valence-corrected chi connectivity index (χ0v) is 21.6. The van der Waals surface area contributed by atoms with Gasteiger partial charge in [-0.1, -0.05) is 71.7 Å². The number of ether oxygens (including phenoxy) is 1. The highest BCUT2D eigenvalue weighted by Gasteiger charge is 2.31. The van der Waals surface area contributed by atoms with Crippen LogP contribution in [0.3, 0.4) is 0 Å². The maximum atomic E-state index is 13.7. The first-order valence-corrected chi connectivity index (χ1v) is 12.2. The Bertz CT molecular complexity index is 1110. The second-order valence-corrected chi connectivity index (χ2v) is 9.43. The zero-order valence-electron chi connectivity index (χ0n) is 20.1. The fraction of sp³-hybridized carbons (Fsp3) is 0.286. The van der Waals surface area contributed by atoms with E-state index in [0.717, 1.165) is 11.1 Å². The molecule has 0 spiro atoms. The molecule has 0 saturated heterocycles. The monoisotopic (exact) mass is 512 g/mol. The lowest BCUT2D eigenvalue weighted by atomic mass is 10.0. The van der Waals surface area contributed by atoms with E-state index in [1.165, 1.54) is 0 Å². The van der Waals surface area contributed by atoms with Gasteiger partial charge in [0.25, 0.3) is 0 Å². The molecule has 0 radical (unpaired) electrons. The quantitative estimate of drug-likeness (QED) is 0.378. The molecule has 0 heterocycles. The Kier molecular flexibility index (Phi) is 9.58. The Morgan fingerprint density at radius 1 is 0.886 bits per heavy atom. The molecule has 0 unspecified atom stereocenters. The van der Waals surface area contributed by atoms with Crippen LogP contribution < -0.4 is 10.1 Å². The molecule has 2 amide bonds. The van der Waals surface area contributed by atoms with E-state index >= 15 is 0 Å². The van der Waals surface area contributed by atoms with E-state index in [9.17, 15) is 9.59 Å². The molecule has 3 aromatic rings. The van der Waals surface area contributed by atoms with Gasteiger partial charge in [0.05, 0.1) is 13.5 Å². The number of hydrogen-bond acceptors (Lipinski definition) is 3. The Morgan fingerprint density at radius 2 is 1.51 bits per heavy atom. The van der Waals surface area contributed by atoms with Gasteiger partial charge in [-0.2, -0.15) is 0 Å². The summed E-state index contributed by atoms with van der Waals surface area (Å²) in [5, 5.41) is 3.87. The minimum atomic E-state index is -0.752. The van der Waals surface area contributed by atoms with Gasteiger partial charge in [-0.25, -0.2) is 0 Å². The predicted octanol–water partition coefficient (Wildman–Crippen LogP) is 5.71. The predicted molar refractivity (Wildman–Crippen MR) is 141 cm³/mol. The van der Waals surface area contributed by atoms with Crippen LogP contribution in [0.1, 0.15) is 30.5 Å². The highest BCUT2D eigenvalue weighted by Crippen LogP contribution is 2.27. The molecular weight excluding hydrogens is 483 g/mol. The summed E-state index contributed by atoms with van der Waals surface area (Å²) in [5.41, 5.74) is 2.37. The molecule has 0 saturated carbocycles. The van der Waals surface area contributed by atoms with Gasteiger partial charge in [-0.3, -0.25) is 9.59 Å². The minimum absolute atomic E-state index is 0.0804. The molecule has 0 aliphatic rings. The number of carbonyl (C=O) groups is 2. The molecular formula is C28H30Cl2N2O3. The van der Waals surface area contributed by atoms with Gasteiger partial charge in [0, 0.05) is 34.6 Å². The number of hydrogen-bond donors (Lipinski definition) is 1. The number of methoxy groups -OCH3 is 1. The number of benzene rings is 3. The number of halogens is 2. The van der Waals surface area contributed by atoms with Crippen LogP contribution in [0, 0.1) is 0 Å². The Hall–Kier alpha value is -3.02. The van der Waals surface area contributed by atoms with E-state index in [0.29, 0.717) is 27.8 Å². The molecule has 5 nitrogen and oxygen atoms in total. The average molecular weight is 513 g/mol. The molecule has 0 aromatic heterocycles. The molecule has 0 aliphatic heterocycles. The number of nitrogens with one attached hydrogen (secondary N) is 1. The van der Waals surface area contributed by atoms with Crippen molar-refractivity contribution in [3.05, 3.63) is 99.5 Å². The first-order valence-electron chi connectivity index (χ1n) is 11.5. The minimum Gasteiger partial charge on any atom is -0.497 e. The average Bonchev–Trinajstić information content (AvgIpc) is 2.83. The molecule has 1 N–H and O–H groups in total. The van der Waals surface area contributed by atoms with Crippen molar-refractivity contribution in [3.63, 3.8) is 0 Å². The number of nitrogens with zero attached hydrogens (tertiary/aromatic N) is 1. The van der Waals surface area contributed by atoms with Crippen molar-refractivity contribution in [2.45, 2.75) is 45.3 Å². The summed E-state index contributed by atoms with van der Waals surface area (Å²) in [6.45, 7) is 3.90. The van der Waals surface area contributed by atoms with Crippen molar-refractivity contribution in [1.29, 1.82) is 0 Å². The third kappa shape index (κ3) is 7.48. The third-order valence-electron chi connectivity index (χ3n) is 5.61. The number of rotatable bonds is 10. The second-order valence-electron chi connectivity index (χ2n) is 8.62. The maximum absolute atomic E-state index is 13.7. The van der Waals surface area contributed by atoms with Gasteiger partial charge in [-0.05, 0) is 49.2 Å². The van der Waals surface area contributed by atoms with Gasteiger partial charge in [-0.15, -0.1) is 0 Å². The smallest absolute Gasteiger partial charge is 0.243 e. The molecule has 0 aliphatic carbocycles. The van der Waals surface area contributed by atoms with Crippen LogP contribution >= 0.6 is 23.2 Å². The summed E-state index contributed by atoms with van der Waals surface area (Å²) >= 11 is 12.9. The molecule has 1 atom stereocenters.